The van der Waals surface area contributed by atoms with Crippen molar-refractivity contribution in [1.82, 2.24) is 0 Å². The van der Waals surface area contributed by atoms with Crippen molar-refractivity contribution in [1.29, 1.82) is 0 Å². The second-order valence-electron chi connectivity index (χ2n) is 8.39. The van der Waals surface area contributed by atoms with Gasteiger partial charge in [0, 0.05) is 0 Å². The average Bonchev–Trinajstić information content (AvgIpc) is 2.71. The van der Waals surface area contributed by atoms with Gasteiger partial charge in [-0.3, -0.25) is 0 Å². The molecule has 1 atom stereocenters. The van der Waals surface area contributed by atoms with Crippen molar-refractivity contribution in [2.45, 2.75) is 53.1 Å². The minimum Gasteiger partial charge on any atom is -0.0999 e. The first-order valence-electron chi connectivity index (χ1n) is 10.4. The zero-order valence-electron chi connectivity index (χ0n) is 18.3. The molecule has 2 rings (SSSR count). The van der Waals surface area contributed by atoms with Gasteiger partial charge in [-0.1, -0.05) is 106 Å². The van der Waals surface area contributed by atoms with Gasteiger partial charge in [0.1, 0.15) is 8.07 Å². The SMILES string of the molecule is C=C(C)C(CC=C(C)C)C[Si](C/C(C)=C\C)(c1ccccc1)c1ccccc1. The van der Waals surface area contributed by atoms with Gasteiger partial charge >= 0.3 is 0 Å². The Balaban J connectivity index is 2.64. The van der Waals surface area contributed by atoms with E-state index in [2.05, 4.69) is 114 Å². The molecule has 0 aliphatic rings. The fraction of sp³-hybridized carbons (Fsp3) is 0.333. The molecule has 2 aromatic rings. The van der Waals surface area contributed by atoms with Crippen molar-refractivity contribution in [3.63, 3.8) is 0 Å². The number of rotatable bonds is 9. The highest BCUT2D eigenvalue weighted by Gasteiger charge is 2.39. The molecular formula is C27H36Si. The second-order valence-corrected chi connectivity index (χ2v) is 12.5. The summed E-state index contributed by atoms with van der Waals surface area (Å²) in [5, 5.41) is 3.07. The summed E-state index contributed by atoms with van der Waals surface area (Å²) in [5.74, 6) is 0.506. The van der Waals surface area contributed by atoms with Gasteiger partial charge in [0.2, 0.25) is 0 Å². The van der Waals surface area contributed by atoms with E-state index in [9.17, 15) is 0 Å². The summed E-state index contributed by atoms with van der Waals surface area (Å²) in [6.45, 7) is 15.4. The molecule has 28 heavy (non-hydrogen) atoms. The first kappa shape index (κ1) is 22.2. The molecule has 0 amide bonds. The van der Waals surface area contributed by atoms with Crippen LogP contribution in [0.25, 0.3) is 0 Å². The number of hydrogen-bond donors (Lipinski definition) is 0. The lowest BCUT2D eigenvalue weighted by Crippen LogP contribution is -2.59. The predicted octanol–water partition coefficient (Wildman–Crippen LogP) is 6.76. The maximum atomic E-state index is 4.38. The lowest BCUT2D eigenvalue weighted by molar-refractivity contribution is 0.684. The molecule has 0 aromatic heterocycles. The summed E-state index contributed by atoms with van der Waals surface area (Å²) in [6.07, 6.45) is 5.76. The molecule has 0 heterocycles. The Morgan fingerprint density at radius 2 is 1.39 bits per heavy atom. The molecule has 0 aliphatic heterocycles. The lowest BCUT2D eigenvalue weighted by atomic mass is 9.99. The first-order valence-corrected chi connectivity index (χ1v) is 12.8. The minimum atomic E-state index is -1.99. The summed E-state index contributed by atoms with van der Waals surface area (Å²) in [6, 6.07) is 24.9. The van der Waals surface area contributed by atoms with Gasteiger partial charge in [0.05, 0.1) is 0 Å². The van der Waals surface area contributed by atoms with Crippen LogP contribution in [0.1, 0.15) is 41.0 Å². The van der Waals surface area contributed by atoms with E-state index >= 15 is 0 Å². The van der Waals surface area contributed by atoms with Gasteiger partial charge in [0.15, 0.2) is 0 Å². The number of hydrogen-bond acceptors (Lipinski definition) is 0. The van der Waals surface area contributed by atoms with Crippen molar-refractivity contribution in [3.05, 3.63) is 96.1 Å². The summed E-state index contributed by atoms with van der Waals surface area (Å²) in [7, 11) is -1.99. The molecule has 0 bridgehead atoms. The van der Waals surface area contributed by atoms with Crippen LogP contribution in [0.3, 0.4) is 0 Å². The Morgan fingerprint density at radius 1 is 0.893 bits per heavy atom. The zero-order chi connectivity index (χ0) is 20.6. The van der Waals surface area contributed by atoms with E-state index in [0.29, 0.717) is 5.92 Å². The van der Waals surface area contributed by atoms with Gasteiger partial charge < -0.3 is 0 Å². The van der Waals surface area contributed by atoms with Crippen molar-refractivity contribution < 1.29 is 0 Å². The van der Waals surface area contributed by atoms with Crippen molar-refractivity contribution >= 4 is 18.4 Å². The quantitative estimate of drug-likeness (QED) is 0.329. The molecular weight excluding hydrogens is 352 g/mol. The Hall–Kier alpha value is -2.12. The molecule has 0 radical (unpaired) electrons. The van der Waals surface area contributed by atoms with Crippen molar-refractivity contribution in [3.8, 4) is 0 Å². The third kappa shape index (κ3) is 5.69. The van der Waals surface area contributed by atoms with Crippen molar-refractivity contribution in [2.24, 2.45) is 5.92 Å². The van der Waals surface area contributed by atoms with Gasteiger partial charge in [-0.15, -0.1) is 0 Å². The predicted molar refractivity (Wildman–Crippen MR) is 129 cm³/mol. The van der Waals surface area contributed by atoms with E-state index in [1.54, 1.807) is 0 Å². The molecule has 0 fully saturated rings. The standard InChI is InChI=1S/C27H36Si/c1-7-24(6)20-28(26-14-10-8-11-15-26,27-16-12-9-13-17-27)21-25(23(4)5)19-18-22(2)3/h7-18,25H,4,19-21H2,1-3,5-6H3/b24-7-. The van der Waals surface area contributed by atoms with Crippen LogP contribution in [0.4, 0.5) is 0 Å². The molecule has 0 saturated carbocycles. The van der Waals surface area contributed by atoms with E-state index in [0.717, 1.165) is 12.5 Å². The van der Waals surface area contributed by atoms with Gasteiger partial charge in [-0.05, 0) is 59.0 Å². The van der Waals surface area contributed by atoms with Crippen LogP contribution in [-0.2, 0) is 0 Å². The van der Waals surface area contributed by atoms with E-state index in [-0.39, 0.29) is 0 Å². The van der Waals surface area contributed by atoms with E-state index in [1.807, 2.05) is 0 Å². The van der Waals surface area contributed by atoms with Crippen LogP contribution in [-0.4, -0.2) is 8.07 Å². The molecule has 0 saturated heterocycles. The monoisotopic (exact) mass is 388 g/mol. The highest BCUT2D eigenvalue weighted by molar-refractivity contribution is 7.02. The molecule has 0 nitrogen and oxygen atoms in total. The van der Waals surface area contributed by atoms with Gasteiger partial charge in [0.25, 0.3) is 0 Å². The third-order valence-electron chi connectivity index (χ3n) is 5.83. The van der Waals surface area contributed by atoms with Gasteiger partial charge in [-0.25, -0.2) is 0 Å². The molecule has 148 valence electrons. The van der Waals surface area contributed by atoms with E-state index in [1.165, 1.54) is 33.1 Å². The van der Waals surface area contributed by atoms with Crippen LogP contribution in [0.15, 0.2) is 96.1 Å². The maximum Gasteiger partial charge on any atom is 0.122 e. The highest BCUT2D eigenvalue weighted by Crippen LogP contribution is 2.31. The number of allylic oxidation sites excluding steroid dienone is 5. The average molecular weight is 389 g/mol. The lowest BCUT2D eigenvalue weighted by Gasteiger charge is -2.37. The van der Waals surface area contributed by atoms with Crippen LogP contribution in [0.2, 0.25) is 12.1 Å². The molecule has 0 aliphatic carbocycles. The van der Waals surface area contributed by atoms with Crippen LogP contribution >= 0.6 is 0 Å². The van der Waals surface area contributed by atoms with Crippen LogP contribution < -0.4 is 10.4 Å². The highest BCUT2D eigenvalue weighted by atomic mass is 28.3. The molecule has 0 N–H and O–H groups in total. The molecule has 1 heteroatoms. The Morgan fingerprint density at radius 3 is 1.79 bits per heavy atom. The first-order chi connectivity index (χ1) is 13.4. The van der Waals surface area contributed by atoms with Crippen LogP contribution in [0.5, 0.6) is 0 Å². The Labute approximate surface area is 173 Å². The zero-order valence-corrected chi connectivity index (χ0v) is 19.3. The van der Waals surface area contributed by atoms with Crippen molar-refractivity contribution in [2.75, 3.05) is 0 Å². The smallest absolute Gasteiger partial charge is 0.0999 e. The largest absolute Gasteiger partial charge is 0.122 e. The van der Waals surface area contributed by atoms with E-state index < -0.39 is 8.07 Å². The van der Waals surface area contributed by atoms with Crippen LogP contribution in [0, 0.1) is 5.92 Å². The second kappa shape index (κ2) is 10.4. The normalized spacial score (nSPS) is 13.1. The topological polar surface area (TPSA) is 0 Å². The Bertz CT molecular complexity index is 768. The van der Waals surface area contributed by atoms with E-state index in [4.69, 9.17) is 0 Å². The summed E-state index contributed by atoms with van der Waals surface area (Å²) in [5.41, 5.74) is 4.18. The maximum absolute atomic E-state index is 4.38. The van der Waals surface area contributed by atoms with Gasteiger partial charge in [-0.2, -0.15) is 0 Å². The fourth-order valence-corrected chi connectivity index (χ4v) is 9.56. The minimum absolute atomic E-state index is 0.506. The summed E-state index contributed by atoms with van der Waals surface area (Å²) < 4.78 is 0. The third-order valence-corrected chi connectivity index (χ3v) is 11.1. The molecule has 1 unspecified atom stereocenters. The number of benzene rings is 2. The molecule has 2 aromatic carbocycles. The summed E-state index contributed by atoms with van der Waals surface area (Å²) in [4.78, 5) is 0. The fourth-order valence-electron chi connectivity index (χ4n) is 4.03. The Kier molecular flexibility index (Phi) is 8.26. The summed E-state index contributed by atoms with van der Waals surface area (Å²) >= 11 is 0. The molecule has 0 spiro atoms.